The molecule has 1 aromatic carbocycles. The van der Waals surface area contributed by atoms with Gasteiger partial charge in [0.05, 0.1) is 21.7 Å². The van der Waals surface area contributed by atoms with Gasteiger partial charge in [0.25, 0.3) is 0 Å². The van der Waals surface area contributed by atoms with Crippen LogP contribution in [0.4, 0.5) is 5.69 Å². The van der Waals surface area contributed by atoms with Gasteiger partial charge in [-0.1, -0.05) is 23.9 Å². The molecule has 0 unspecified atom stereocenters. The van der Waals surface area contributed by atoms with Gasteiger partial charge in [-0.15, -0.1) is 11.3 Å². The Morgan fingerprint density at radius 3 is 2.89 bits per heavy atom. The van der Waals surface area contributed by atoms with Gasteiger partial charge in [-0.25, -0.2) is 9.97 Å². The molecule has 2 aromatic heterocycles. The number of fused-ring (bicyclic) bond motifs is 1. The first-order valence-corrected chi connectivity index (χ1v) is 7.31. The second kappa shape index (κ2) is 4.96. The molecule has 0 amide bonds. The lowest BCUT2D eigenvalue weighted by molar-refractivity contribution is 1.14. The van der Waals surface area contributed by atoms with E-state index in [1.807, 2.05) is 30.3 Å². The first-order valence-electron chi connectivity index (χ1n) is 5.50. The highest BCUT2D eigenvalue weighted by Gasteiger charge is 2.06. The molecule has 3 rings (SSSR count). The van der Waals surface area contributed by atoms with Crippen LogP contribution in [0.25, 0.3) is 10.2 Å². The minimum atomic E-state index is 0.726. The number of anilines is 1. The Bertz CT molecular complexity index is 646. The Labute approximate surface area is 113 Å². The summed E-state index contributed by atoms with van der Waals surface area (Å²) < 4.78 is 1.22. The monoisotopic (exact) mass is 273 g/mol. The minimum Gasteiger partial charge on any atom is -0.397 e. The number of nitrogens with two attached hydrogens (primary N) is 1. The molecule has 0 saturated heterocycles. The molecule has 0 fully saturated rings. The zero-order chi connectivity index (χ0) is 12.4. The maximum atomic E-state index is 5.86. The van der Waals surface area contributed by atoms with Crippen LogP contribution in [0, 0.1) is 0 Å². The van der Waals surface area contributed by atoms with Gasteiger partial charge in [0.15, 0.2) is 0 Å². The van der Waals surface area contributed by atoms with Gasteiger partial charge in [0.1, 0.15) is 10.0 Å². The van der Waals surface area contributed by atoms with Crippen molar-refractivity contribution >= 4 is 39.0 Å². The van der Waals surface area contributed by atoms with Crippen molar-refractivity contribution in [3.8, 4) is 0 Å². The van der Waals surface area contributed by atoms with E-state index in [1.54, 1.807) is 29.3 Å². The lowest BCUT2D eigenvalue weighted by Crippen LogP contribution is -1.91. The van der Waals surface area contributed by atoms with Crippen molar-refractivity contribution in [3.63, 3.8) is 0 Å². The molecule has 5 heteroatoms. The Morgan fingerprint density at radius 1 is 1.17 bits per heavy atom. The fraction of sp³-hybridized carbons (Fsp3) is 0.0769. The number of rotatable bonds is 3. The normalized spacial score (nSPS) is 10.9. The maximum Gasteiger partial charge on any atom is 0.119 e. The van der Waals surface area contributed by atoms with Crippen molar-refractivity contribution in [1.82, 2.24) is 9.97 Å². The van der Waals surface area contributed by atoms with Gasteiger partial charge in [-0.05, 0) is 24.3 Å². The molecule has 90 valence electrons. The van der Waals surface area contributed by atoms with E-state index in [9.17, 15) is 0 Å². The van der Waals surface area contributed by atoms with Crippen molar-refractivity contribution in [3.05, 3.63) is 47.6 Å². The number of hydrogen-bond donors (Lipinski definition) is 1. The smallest absolute Gasteiger partial charge is 0.119 e. The third kappa shape index (κ3) is 2.32. The number of aromatic nitrogens is 2. The van der Waals surface area contributed by atoms with Crippen molar-refractivity contribution < 1.29 is 0 Å². The zero-order valence-electron chi connectivity index (χ0n) is 9.54. The molecule has 0 aliphatic carbocycles. The molecule has 0 radical (unpaired) electrons. The molecule has 2 N–H and O–H groups in total. The van der Waals surface area contributed by atoms with Gasteiger partial charge in [-0.2, -0.15) is 0 Å². The summed E-state index contributed by atoms with van der Waals surface area (Å²) >= 11 is 3.35. The summed E-state index contributed by atoms with van der Waals surface area (Å²) in [6.07, 6.45) is 1.76. The lowest BCUT2D eigenvalue weighted by atomic mass is 10.3. The van der Waals surface area contributed by atoms with Crippen LogP contribution in [-0.2, 0) is 5.75 Å². The molecule has 0 atom stereocenters. The Hall–Kier alpha value is -1.59. The van der Waals surface area contributed by atoms with E-state index in [1.165, 1.54) is 4.70 Å². The van der Waals surface area contributed by atoms with E-state index in [4.69, 9.17) is 5.73 Å². The summed E-state index contributed by atoms with van der Waals surface area (Å²) in [4.78, 5) is 8.85. The third-order valence-corrected chi connectivity index (χ3v) is 4.72. The summed E-state index contributed by atoms with van der Waals surface area (Å²) in [7, 11) is 0. The molecule has 2 heterocycles. The number of pyridine rings is 1. The molecule has 0 spiro atoms. The number of para-hydroxylation sites is 1. The average molecular weight is 273 g/mol. The van der Waals surface area contributed by atoms with Crippen LogP contribution >= 0.6 is 23.1 Å². The fourth-order valence-electron chi connectivity index (χ4n) is 1.64. The standard InChI is InChI=1S/C13H11N3S2/c14-9-4-3-7-15-13(9)17-8-12-16-10-5-1-2-6-11(10)18-12/h1-7H,8,14H2. The highest BCUT2D eigenvalue weighted by atomic mass is 32.2. The third-order valence-electron chi connectivity index (χ3n) is 2.47. The Morgan fingerprint density at radius 2 is 2.06 bits per heavy atom. The van der Waals surface area contributed by atoms with Crippen LogP contribution in [0.5, 0.6) is 0 Å². The molecule has 0 saturated carbocycles. The number of benzene rings is 1. The number of thioether (sulfide) groups is 1. The van der Waals surface area contributed by atoms with Crippen LogP contribution in [-0.4, -0.2) is 9.97 Å². The first kappa shape index (κ1) is 11.5. The predicted octanol–water partition coefficient (Wildman–Crippen LogP) is 3.57. The average Bonchev–Trinajstić information content (AvgIpc) is 2.80. The van der Waals surface area contributed by atoms with E-state index < -0.39 is 0 Å². The number of nitrogens with zero attached hydrogens (tertiary/aromatic N) is 2. The van der Waals surface area contributed by atoms with E-state index in [0.717, 1.165) is 27.0 Å². The summed E-state index contributed by atoms with van der Waals surface area (Å²) in [5.41, 5.74) is 7.65. The number of nitrogen functional groups attached to an aromatic ring is 1. The number of thiazole rings is 1. The molecular weight excluding hydrogens is 262 g/mol. The lowest BCUT2D eigenvalue weighted by Gasteiger charge is -2.01. The second-order valence-corrected chi connectivity index (χ2v) is 5.84. The zero-order valence-corrected chi connectivity index (χ0v) is 11.2. The SMILES string of the molecule is Nc1cccnc1SCc1nc2ccccc2s1. The predicted molar refractivity (Wildman–Crippen MR) is 77.8 cm³/mol. The van der Waals surface area contributed by atoms with Crippen molar-refractivity contribution in [2.75, 3.05) is 5.73 Å². The second-order valence-electron chi connectivity index (χ2n) is 3.76. The largest absolute Gasteiger partial charge is 0.397 e. The highest BCUT2D eigenvalue weighted by Crippen LogP contribution is 2.29. The molecule has 3 nitrogen and oxygen atoms in total. The summed E-state index contributed by atoms with van der Waals surface area (Å²) in [6.45, 7) is 0. The van der Waals surface area contributed by atoms with Crippen LogP contribution < -0.4 is 5.73 Å². The van der Waals surface area contributed by atoms with Crippen molar-refractivity contribution in [2.24, 2.45) is 0 Å². The Kier molecular flexibility index (Phi) is 3.17. The van der Waals surface area contributed by atoms with E-state index >= 15 is 0 Å². The molecule has 3 aromatic rings. The summed E-state index contributed by atoms with van der Waals surface area (Å²) in [5.74, 6) is 0.806. The van der Waals surface area contributed by atoms with Crippen LogP contribution in [0.3, 0.4) is 0 Å². The van der Waals surface area contributed by atoms with Gasteiger partial charge in [-0.3, -0.25) is 0 Å². The van der Waals surface area contributed by atoms with Gasteiger partial charge in [0.2, 0.25) is 0 Å². The topological polar surface area (TPSA) is 51.8 Å². The van der Waals surface area contributed by atoms with Gasteiger partial charge >= 0.3 is 0 Å². The molecule has 18 heavy (non-hydrogen) atoms. The van der Waals surface area contributed by atoms with Crippen molar-refractivity contribution in [2.45, 2.75) is 10.8 Å². The molecule has 0 bridgehead atoms. The van der Waals surface area contributed by atoms with Crippen LogP contribution in [0.2, 0.25) is 0 Å². The van der Waals surface area contributed by atoms with E-state index in [-0.39, 0.29) is 0 Å². The van der Waals surface area contributed by atoms with E-state index in [2.05, 4.69) is 16.0 Å². The fourth-order valence-corrected chi connectivity index (χ4v) is 3.51. The Balaban J connectivity index is 1.79. The maximum absolute atomic E-state index is 5.86. The van der Waals surface area contributed by atoms with Crippen molar-refractivity contribution in [1.29, 1.82) is 0 Å². The molecular formula is C13H11N3S2. The summed E-state index contributed by atoms with van der Waals surface area (Å²) in [6, 6.07) is 11.9. The van der Waals surface area contributed by atoms with Gasteiger partial charge < -0.3 is 5.73 Å². The van der Waals surface area contributed by atoms with Crippen LogP contribution in [0.1, 0.15) is 5.01 Å². The minimum absolute atomic E-state index is 0.726. The highest BCUT2D eigenvalue weighted by molar-refractivity contribution is 7.98. The first-order chi connectivity index (χ1) is 8.83. The van der Waals surface area contributed by atoms with Gasteiger partial charge in [0, 0.05) is 6.20 Å². The van der Waals surface area contributed by atoms with Crippen LogP contribution in [0.15, 0.2) is 47.6 Å². The summed E-state index contributed by atoms with van der Waals surface area (Å²) in [5, 5.41) is 1.98. The quantitative estimate of drug-likeness (QED) is 0.741. The van der Waals surface area contributed by atoms with E-state index in [0.29, 0.717) is 0 Å². The number of hydrogen-bond acceptors (Lipinski definition) is 5. The molecule has 0 aliphatic rings. The molecule has 0 aliphatic heterocycles.